The molecule has 1 N–H and O–H groups in total. The molecule has 0 spiro atoms. The van der Waals surface area contributed by atoms with Crippen LogP contribution in [0.5, 0.6) is 0 Å². The number of carbonyl (C=O) groups excluding carboxylic acids is 1. The van der Waals surface area contributed by atoms with Gasteiger partial charge in [-0.25, -0.2) is 14.8 Å². The zero-order valence-electron chi connectivity index (χ0n) is 14.4. The van der Waals surface area contributed by atoms with Crippen LogP contribution in [0.4, 0.5) is 14.9 Å². The molecule has 0 radical (unpaired) electrons. The lowest BCUT2D eigenvalue weighted by molar-refractivity contribution is -0.00600. The largest absolute Gasteiger partial charge is 0.322 e. The van der Waals surface area contributed by atoms with E-state index in [1.54, 1.807) is 6.07 Å². The van der Waals surface area contributed by atoms with E-state index in [0.717, 1.165) is 24.8 Å². The predicted octanol–water partition coefficient (Wildman–Crippen LogP) is 4.00. The van der Waals surface area contributed by atoms with Crippen molar-refractivity contribution in [1.29, 1.82) is 0 Å². The SMILES string of the molecule is Cc1ccc(NC(=O)N2C3CC(C)C[C@@H]2C3)cc1-c1nccnc1F. The Labute approximate surface area is 146 Å². The molecule has 1 aromatic carbocycles. The molecular weight excluding hydrogens is 319 g/mol. The molecule has 0 saturated carbocycles. The number of amides is 2. The number of hydrogen-bond acceptors (Lipinski definition) is 3. The summed E-state index contributed by atoms with van der Waals surface area (Å²) in [4.78, 5) is 22.3. The van der Waals surface area contributed by atoms with Crippen molar-refractivity contribution in [2.24, 2.45) is 5.92 Å². The highest BCUT2D eigenvalue weighted by atomic mass is 19.1. The summed E-state index contributed by atoms with van der Waals surface area (Å²) in [6.07, 6.45) is 6.05. The molecular formula is C19H21FN4O. The standard InChI is InChI=1S/C19H21FN4O/c1-11-7-14-10-15(8-11)24(14)19(25)23-13-4-3-12(2)16(9-13)17-18(20)22-6-5-21-17/h3-6,9,11,14-15H,7-8,10H2,1-2H3,(H,23,25)/t11?,14-,15?/m1/s1. The van der Waals surface area contributed by atoms with E-state index >= 15 is 0 Å². The smallest absolute Gasteiger partial charge is 0.318 e. The van der Waals surface area contributed by atoms with Crippen LogP contribution in [0.15, 0.2) is 30.6 Å². The first-order valence-electron chi connectivity index (χ1n) is 8.69. The minimum absolute atomic E-state index is 0.0671. The Morgan fingerprint density at radius 3 is 2.64 bits per heavy atom. The molecule has 25 heavy (non-hydrogen) atoms. The minimum Gasteiger partial charge on any atom is -0.318 e. The average Bonchev–Trinajstić information content (AvgIpc) is 2.57. The Morgan fingerprint density at radius 2 is 1.92 bits per heavy atom. The van der Waals surface area contributed by atoms with E-state index in [1.165, 1.54) is 12.4 Å². The maximum Gasteiger partial charge on any atom is 0.322 e. The minimum atomic E-state index is -0.611. The summed E-state index contributed by atoms with van der Waals surface area (Å²) < 4.78 is 14.0. The van der Waals surface area contributed by atoms with Crippen molar-refractivity contribution in [2.75, 3.05) is 5.32 Å². The van der Waals surface area contributed by atoms with Crippen LogP contribution in [0.1, 0.15) is 31.7 Å². The van der Waals surface area contributed by atoms with Gasteiger partial charge in [-0.1, -0.05) is 13.0 Å². The van der Waals surface area contributed by atoms with Crippen LogP contribution < -0.4 is 5.32 Å². The normalized spacial score (nSPS) is 24.6. The molecule has 1 aromatic heterocycles. The Bertz CT molecular complexity index is 813. The predicted molar refractivity (Wildman–Crippen MR) is 93.6 cm³/mol. The van der Waals surface area contributed by atoms with E-state index in [-0.39, 0.29) is 11.7 Å². The van der Waals surface area contributed by atoms with Gasteiger partial charge in [0.25, 0.3) is 0 Å². The molecule has 2 aliphatic heterocycles. The Morgan fingerprint density at radius 1 is 1.20 bits per heavy atom. The summed E-state index contributed by atoms with van der Waals surface area (Å²) in [5.74, 6) is 0.0822. The van der Waals surface area contributed by atoms with Gasteiger partial charge in [-0.15, -0.1) is 0 Å². The first-order chi connectivity index (χ1) is 12.0. The second-order valence-corrected chi connectivity index (χ2v) is 7.18. The summed E-state index contributed by atoms with van der Waals surface area (Å²) >= 11 is 0. The van der Waals surface area contributed by atoms with Gasteiger partial charge in [0, 0.05) is 35.7 Å². The molecule has 2 bridgehead atoms. The topological polar surface area (TPSA) is 58.1 Å². The monoisotopic (exact) mass is 340 g/mol. The molecule has 2 aromatic rings. The van der Waals surface area contributed by atoms with Crippen molar-refractivity contribution < 1.29 is 9.18 Å². The molecule has 3 atom stereocenters. The van der Waals surface area contributed by atoms with E-state index in [2.05, 4.69) is 22.2 Å². The number of fused-ring (bicyclic) bond motifs is 2. The van der Waals surface area contributed by atoms with Crippen molar-refractivity contribution in [1.82, 2.24) is 14.9 Å². The van der Waals surface area contributed by atoms with Gasteiger partial charge in [-0.2, -0.15) is 4.39 Å². The molecule has 2 saturated heterocycles. The Balaban J connectivity index is 1.55. The zero-order valence-corrected chi connectivity index (χ0v) is 14.4. The molecule has 130 valence electrons. The first kappa shape index (κ1) is 16.0. The maximum atomic E-state index is 14.0. The number of halogens is 1. The third-order valence-corrected chi connectivity index (χ3v) is 5.31. The van der Waals surface area contributed by atoms with Gasteiger partial charge < -0.3 is 10.2 Å². The van der Waals surface area contributed by atoms with Crippen molar-refractivity contribution in [2.45, 2.75) is 45.2 Å². The molecule has 4 rings (SSSR count). The second-order valence-electron chi connectivity index (χ2n) is 7.18. The van der Waals surface area contributed by atoms with Crippen LogP contribution in [-0.4, -0.2) is 33.0 Å². The van der Waals surface area contributed by atoms with Gasteiger partial charge in [0.15, 0.2) is 0 Å². The van der Waals surface area contributed by atoms with Gasteiger partial charge in [0.05, 0.1) is 0 Å². The zero-order chi connectivity index (χ0) is 17.6. The van der Waals surface area contributed by atoms with Crippen molar-refractivity contribution in [3.8, 4) is 11.3 Å². The number of anilines is 1. The molecule has 2 aliphatic rings. The van der Waals surface area contributed by atoms with Crippen LogP contribution in [0.3, 0.4) is 0 Å². The van der Waals surface area contributed by atoms with E-state index in [4.69, 9.17) is 0 Å². The molecule has 0 aliphatic carbocycles. The van der Waals surface area contributed by atoms with Gasteiger partial charge >= 0.3 is 6.03 Å². The van der Waals surface area contributed by atoms with Crippen LogP contribution in [0.2, 0.25) is 0 Å². The number of piperidine rings is 1. The van der Waals surface area contributed by atoms with Crippen LogP contribution in [0.25, 0.3) is 11.3 Å². The number of urea groups is 1. The summed E-state index contributed by atoms with van der Waals surface area (Å²) in [7, 11) is 0. The third-order valence-electron chi connectivity index (χ3n) is 5.31. The summed E-state index contributed by atoms with van der Waals surface area (Å²) in [6, 6.07) is 6.11. The Kier molecular flexibility index (Phi) is 3.90. The van der Waals surface area contributed by atoms with E-state index < -0.39 is 5.95 Å². The number of hydrogen-bond donors (Lipinski definition) is 1. The van der Waals surface area contributed by atoms with Gasteiger partial charge in [-0.3, -0.25) is 0 Å². The number of nitrogens with zero attached hydrogens (tertiary/aromatic N) is 3. The molecule has 2 unspecified atom stereocenters. The lowest BCUT2D eigenvalue weighted by Gasteiger charge is -2.54. The summed E-state index contributed by atoms with van der Waals surface area (Å²) in [5, 5.41) is 2.96. The van der Waals surface area contributed by atoms with E-state index in [9.17, 15) is 9.18 Å². The summed E-state index contributed by atoms with van der Waals surface area (Å²) in [5.41, 5.74) is 2.37. The van der Waals surface area contributed by atoms with Crippen molar-refractivity contribution in [3.63, 3.8) is 0 Å². The molecule has 6 heteroatoms. The molecule has 2 amide bonds. The highest BCUT2D eigenvalue weighted by Gasteiger charge is 2.46. The van der Waals surface area contributed by atoms with E-state index in [0.29, 0.717) is 29.3 Å². The van der Waals surface area contributed by atoms with Crippen molar-refractivity contribution >= 4 is 11.7 Å². The fourth-order valence-corrected chi connectivity index (χ4v) is 4.12. The lowest BCUT2D eigenvalue weighted by atomic mass is 9.74. The quantitative estimate of drug-likeness (QED) is 0.899. The second kappa shape index (κ2) is 6.10. The average molecular weight is 340 g/mol. The van der Waals surface area contributed by atoms with E-state index in [1.807, 2.05) is 24.0 Å². The fourth-order valence-electron chi connectivity index (χ4n) is 4.12. The number of aryl methyl sites for hydroxylation is 1. The number of benzene rings is 1. The summed E-state index contributed by atoms with van der Waals surface area (Å²) in [6.45, 7) is 4.13. The number of nitrogens with one attached hydrogen (secondary N) is 1. The molecule has 2 fully saturated rings. The van der Waals surface area contributed by atoms with Crippen LogP contribution in [-0.2, 0) is 0 Å². The number of carbonyl (C=O) groups is 1. The third kappa shape index (κ3) is 2.86. The van der Waals surface area contributed by atoms with Gasteiger partial charge in [0.2, 0.25) is 5.95 Å². The van der Waals surface area contributed by atoms with Crippen LogP contribution >= 0.6 is 0 Å². The van der Waals surface area contributed by atoms with Crippen molar-refractivity contribution in [3.05, 3.63) is 42.1 Å². The maximum absolute atomic E-state index is 14.0. The lowest BCUT2D eigenvalue weighted by Crippen LogP contribution is -2.63. The van der Waals surface area contributed by atoms with Gasteiger partial charge in [0.1, 0.15) is 5.69 Å². The Hall–Kier alpha value is -2.50. The highest BCUT2D eigenvalue weighted by Crippen LogP contribution is 2.41. The highest BCUT2D eigenvalue weighted by molar-refractivity contribution is 5.91. The first-order valence-corrected chi connectivity index (χ1v) is 8.69. The van der Waals surface area contributed by atoms with Gasteiger partial charge in [-0.05, 0) is 49.8 Å². The number of aromatic nitrogens is 2. The van der Waals surface area contributed by atoms with Crippen LogP contribution in [0, 0.1) is 18.8 Å². The fraction of sp³-hybridized carbons (Fsp3) is 0.421. The molecule has 3 heterocycles. The number of rotatable bonds is 2. The molecule has 5 nitrogen and oxygen atoms in total.